The molecular formula is C19H17Cl2FO2. The molecule has 1 aliphatic rings. The molecule has 0 atom stereocenters. The molecule has 0 saturated heterocycles. The molecule has 126 valence electrons. The number of carbonyl (C=O) groups excluding carboxylic acids is 1. The Bertz CT molecular complexity index is 735. The first-order valence-electron chi connectivity index (χ1n) is 7.90. The van der Waals surface area contributed by atoms with Gasteiger partial charge in [0.1, 0.15) is 12.4 Å². The van der Waals surface area contributed by atoms with Crippen LogP contribution in [-0.2, 0) is 21.6 Å². The van der Waals surface area contributed by atoms with Crippen LogP contribution in [0.25, 0.3) is 0 Å². The molecule has 0 spiro atoms. The first kappa shape index (κ1) is 17.2. The van der Waals surface area contributed by atoms with Crippen LogP contribution in [0.2, 0.25) is 10.0 Å². The largest absolute Gasteiger partial charge is 0.460 e. The topological polar surface area (TPSA) is 26.3 Å². The van der Waals surface area contributed by atoms with Gasteiger partial charge < -0.3 is 4.74 Å². The molecule has 0 heterocycles. The van der Waals surface area contributed by atoms with Gasteiger partial charge in [-0.05, 0) is 31.0 Å². The van der Waals surface area contributed by atoms with Gasteiger partial charge in [0.15, 0.2) is 0 Å². The monoisotopic (exact) mass is 366 g/mol. The quantitative estimate of drug-likeness (QED) is 0.649. The third-order valence-electron chi connectivity index (χ3n) is 4.65. The summed E-state index contributed by atoms with van der Waals surface area (Å²) in [5, 5.41) is 0.892. The number of hydrogen-bond donors (Lipinski definition) is 0. The lowest BCUT2D eigenvalue weighted by atomic mass is 9.78. The average molecular weight is 367 g/mol. The number of hydrogen-bond acceptors (Lipinski definition) is 2. The summed E-state index contributed by atoms with van der Waals surface area (Å²) in [6.45, 7) is -0.0203. The fraction of sp³-hybridized carbons (Fsp3) is 0.316. The minimum Gasteiger partial charge on any atom is -0.460 e. The predicted octanol–water partition coefficient (Wildman–Crippen LogP) is 5.69. The lowest BCUT2D eigenvalue weighted by molar-refractivity contribution is -0.152. The zero-order valence-electron chi connectivity index (χ0n) is 13.0. The highest BCUT2D eigenvalue weighted by molar-refractivity contribution is 6.35. The van der Waals surface area contributed by atoms with E-state index in [4.69, 9.17) is 27.9 Å². The Morgan fingerprint density at radius 2 is 1.67 bits per heavy atom. The summed E-state index contributed by atoms with van der Waals surface area (Å²) in [5.41, 5.74) is 0.0626. The number of carbonyl (C=O) groups is 1. The number of benzene rings is 2. The Morgan fingerprint density at radius 3 is 2.29 bits per heavy atom. The molecule has 24 heavy (non-hydrogen) atoms. The van der Waals surface area contributed by atoms with Gasteiger partial charge in [-0.3, -0.25) is 4.79 Å². The highest BCUT2D eigenvalue weighted by Crippen LogP contribution is 2.43. The van der Waals surface area contributed by atoms with Crippen molar-refractivity contribution in [1.82, 2.24) is 0 Å². The number of ether oxygens (including phenoxy) is 1. The van der Waals surface area contributed by atoms with E-state index in [0.717, 1.165) is 12.8 Å². The summed E-state index contributed by atoms with van der Waals surface area (Å²) in [6, 6.07) is 11.5. The Labute approximate surface area is 150 Å². The van der Waals surface area contributed by atoms with E-state index in [1.807, 2.05) is 0 Å². The normalized spacial score (nSPS) is 16.1. The van der Waals surface area contributed by atoms with Gasteiger partial charge in [-0.15, -0.1) is 0 Å². The fourth-order valence-electron chi connectivity index (χ4n) is 3.36. The molecule has 0 unspecified atom stereocenters. The van der Waals surface area contributed by atoms with E-state index in [9.17, 15) is 9.18 Å². The molecule has 5 heteroatoms. The maximum absolute atomic E-state index is 14.3. The number of esters is 1. The fourth-order valence-corrected chi connectivity index (χ4v) is 3.86. The highest BCUT2D eigenvalue weighted by atomic mass is 35.5. The predicted molar refractivity (Wildman–Crippen MR) is 92.8 cm³/mol. The van der Waals surface area contributed by atoms with Crippen molar-refractivity contribution in [2.24, 2.45) is 0 Å². The highest BCUT2D eigenvalue weighted by Gasteiger charge is 2.45. The summed E-state index contributed by atoms with van der Waals surface area (Å²) in [5.74, 6) is -0.784. The van der Waals surface area contributed by atoms with Gasteiger partial charge in [0.2, 0.25) is 0 Å². The van der Waals surface area contributed by atoms with E-state index in [1.165, 1.54) is 6.07 Å². The molecule has 2 nitrogen and oxygen atoms in total. The molecule has 0 radical (unpaired) electrons. The zero-order valence-corrected chi connectivity index (χ0v) is 14.5. The third kappa shape index (κ3) is 3.15. The van der Waals surface area contributed by atoms with Crippen LogP contribution in [-0.4, -0.2) is 5.97 Å². The Hall–Kier alpha value is -1.58. The Kier molecular flexibility index (Phi) is 5.12. The van der Waals surface area contributed by atoms with E-state index in [1.54, 1.807) is 36.4 Å². The van der Waals surface area contributed by atoms with Crippen molar-refractivity contribution in [3.8, 4) is 0 Å². The number of rotatable bonds is 4. The van der Waals surface area contributed by atoms with Gasteiger partial charge in [0.05, 0.1) is 5.41 Å². The molecule has 1 saturated carbocycles. The van der Waals surface area contributed by atoms with Gasteiger partial charge in [0, 0.05) is 21.2 Å². The van der Waals surface area contributed by atoms with E-state index in [2.05, 4.69) is 0 Å². The van der Waals surface area contributed by atoms with Gasteiger partial charge in [-0.1, -0.05) is 60.3 Å². The van der Waals surface area contributed by atoms with Crippen molar-refractivity contribution >= 4 is 29.2 Å². The molecule has 2 aromatic rings. The minimum atomic E-state index is -0.918. The van der Waals surface area contributed by atoms with Crippen molar-refractivity contribution < 1.29 is 13.9 Å². The molecule has 0 N–H and O–H groups in total. The molecule has 0 amide bonds. The van der Waals surface area contributed by atoms with E-state index >= 15 is 0 Å². The van der Waals surface area contributed by atoms with Crippen molar-refractivity contribution in [3.63, 3.8) is 0 Å². The van der Waals surface area contributed by atoms with Crippen LogP contribution in [0.3, 0.4) is 0 Å². The smallest absolute Gasteiger partial charge is 0.317 e. The second-order valence-corrected chi connectivity index (χ2v) is 6.86. The van der Waals surface area contributed by atoms with Gasteiger partial charge in [0.25, 0.3) is 0 Å². The zero-order chi connectivity index (χ0) is 17.2. The van der Waals surface area contributed by atoms with Crippen LogP contribution >= 0.6 is 23.2 Å². The van der Waals surface area contributed by atoms with E-state index < -0.39 is 11.4 Å². The molecular weight excluding hydrogens is 350 g/mol. The van der Waals surface area contributed by atoms with Crippen LogP contribution < -0.4 is 0 Å². The maximum atomic E-state index is 14.3. The second kappa shape index (κ2) is 7.12. The van der Waals surface area contributed by atoms with Gasteiger partial charge in [-0.25, -0.2) is 4.39 Å². The van der Waals surface area contributed by atoms with Gasteiger partial charge >= 0.3 is 5.97 Å². The molecule has 2 aromatic carbocycles. The molecule has 0 aliphatic heterocycles. The third-order valence-corrected chi connectivity index (χ3v) is 5.35. The van der Waals surface area contributed by atoms with Crippen LogP contribution in [0.1, 0.15) is 36.8 Å². The molecule has 1 fully saturated rings. The molecule has 0 bridgehead atoms. The molecule has 1 aliphatic carbocycles. The van der Waals surface area contributed by atoms with Gasteiger partial charge in [-0.2, -0.15) is 0 Å². The van der Waals surface area contributed by atoms with Crippen molar-refractivity contribution in [1.29, 1.82) is 0 Å². The lowest BCUT2D eigenvalue weighted by Gasteiger charge is -2.27. The van der Waals surface area contributed by atoms with Crippen LogP contribution in [0.4, 0.5) is 4.39 Å². The minimum absolute atomic E-state index is 0.0203. The van der Waals surface area contributed by atoms with Crippen molar-refractivity contribution in [3.05, 3.63) is 69.5 Å². The summed E-state index contributed by atoms with van der Waals surface area (Å²) in [6.07, 6.45) is 2.92. The first-order chi connectivity index (χ1) is 11.5. The summed E-state index contributed by atoms with van der Waals surface area (Å²) in [4.78, 5) is 12.8. The maximum Gasteiger partial charge on any atom is 0.317 e. The molecule has 3 rings (SSSR count). The summed E-state index contributed by atoms with van der Waals surface area (Å²) in [7, 11) is 0. The SMILES string of the molecule is O=C(OCc1c(Cl)cccc1Cl)C1(c2ccccc2F)CCCC1. The lowest BCUT2D eigenvalue weighted by Crippen LogP contribution is -2.35. The average Bonchev–Trinajstić information content (AvgIpc) is 3.05. The van der Waals surface area contributed by atoms with Crippen LogP contribution in [0.15, 0.2) is 42.5 Å². The Morgan fingerprint density at radius 1 is 1.04 bits per heavy atom. The number of halogens is 3. The van der Waals surface area contributed by atoms with Crippen LogP contribution in [0.5, 0.6) is 0 Å². The first-order valence-corrected chi connectivity index (χ1v) is 8.65. The van der Waals surface area contributed by atoms with Crippen molar-refractivity contribution in [2.75, 3.05) is 0 Å². The summed E-state index contributed by atoms with van der Waals surface area (Å²) >= 11 is 12.2. The standard InChI is InChI=1S/C19H17Cl2FO2/c20-15-7-5-8-16(21)13(15)12-24-18(23)19(10-3-4-11-19)14-6-1-2-9-17(14)22/h1-2,5-9H,3-4,10-12H2. The van der Waals surface area contributed by atoms with Crippen molar-refractivity contribution in [2.45, 2.75) is 37.7 Å². The molecule has 0 aromatic heterocycles. The van der Waals surface area contributed by atoms with E-state index in [0.29, 0.717) is 34.0 Å². The van der Waals surface area contributed by atoms with Crippen LogP contribution in [0, 0.1) is 5.82 Å². The second-order valence-electron chi connectivity index (χ2n) is 6.05. The Balaban J connectivity index is 1.85. The summed E-state index contributed by atoms with van der Waals surface area (Å²) < 4.78 is 19.8. The van der Waals surface area contributed by atoms with E-state index in [-0.39, 0.29) is 12.4 Å².